The van der Waals surface area contributed by atoms with Gasteiger partial charge in [-0.25, -0.2) is 0 Å². The molecule has 4 heteroatoms. The molecule has 19 heavy (non-hydrogen) atoms. The van der Waals surface area contributed by atoms with E-state index in [0.29, 0.717) is 18.3 Å². The second-order valence-electron chi connectivity index (χ2n) is 5.66. The SMILES string of the molecule is CCN(CC)CCNC(=O)CC(C)C1CCCNC1. The summed E-state index contributed by atoms with van der Waals surface area (Å²) < 4.78 is 0. The third-order valence-electron chi connectivity index (χ3n) is 4.29. The molecule has 0 aromatic rings. The van der Waals surface area contributed by atoms with E-state index in [2.05, 4.69) is 36.3 Å². The lowest BCUT2D eigenvalue weighted by Crippen LogP contribution is -2.38. The van der Waals surface area contributed by atoms with Gasteiger partial charge in [0.05, 0.1) is 0 Å². The van der Waals surface area contributed by atoms with Crippen LogP contribution in [0.15, 0.2) is 0 Å². The first kappa shape index (κ1) is 16.4. The number of nitrogens with one attached hydrogen (secondary N) is 2. The van der Waals surface area contributed by atoms with Crippen molar-refractivity contribution >= 4 is 5.91 Å². The lowest BCUT2D eigenvalue weighted by molar-refractivity contribution is -0.122. The molecule has 2 N–H and O–H groups in total. The number of likely N-dealkylation sites (N-methyl/N-ethyl adjacent to an activating group) is 1. The Balaban J connectivity index is 2.15. The fourth-order valence-corrected chi connectivity index (χ4v) is 2.79. The van der Waals surface area contributed by atoms with Gasteiger partial charge in [0.2, 0.25) is 5.91 Å². The van der Waals surface area contributed by atoms with Crippen molar-refractivity contribution in [2.75, 3.05) is 39.3 Å². The molecule has 112 valence electrons. The Kier molecular flexibility index (Phi) is 8.07. The summed E-state index contributed by atoms with van der Waals surface area (Å²) in [4.78, 5) is 14.2. The van der Waals surface area contributed by atoms with Crippen LogP contribution in [0, 0.1) is 11.8 Å². The zero-order valence-electron chi connectivity index (χ0n) is 12.9. The number of hydrogen-bond acceptors (Lipinski definition) is 3. The molecule has 4 nitrogen and oxygen atoms in total. The number of nitrogens with zero attached hydrogens (tertiary/aromatic N) is 1. The summed E-state index contributed by atoms with van der Waals surface area (Å²) in [6, 6.07) is 0. The zero-order chi connectivity index (χ0) is 14.1. The molecule has 1 aliphatic rings. The highest BCUT2D eigenvalue weighted by Crippen LogP contribution is 2.22. The van der Waals surface area contributed by atoms with Crippen molar-refractivity contribution < 1.29 is 4.79 Å². The quantitative estimate of drug-likeness (QED) is 0.701. The van der Waals surface area contributed by atoms with Gasteiger partial charge in [0.1, 0.15) is 0 Å². The molecule has 0 bridgehead atoms. The fraction of sp³-hybridized carbons (Fsp3) is 0.933. The minimum Gasteiger partial charge on any atom is -0.355 e. The monoisotopic (exact) mass is 269 g/mol. The van der Waals surface area contributed by atoms with Gasteiger partial charge in [0, 0.05) is 19.5 Å². The molecule has 1 amide bonds. The molecule has 0 aromatic carbocycles. The Morgan fingerprint density at radius 1 is 1.42 bits per heavy atom. The van der Waals surface area contributed by atoms with E-state index in [1.807, 2.05) is 0 Å². The Labute approximate surface area is 118 Å². The first-order chi connectivity index (χ1) is 9.17. The molecular weight excluding hydrogens is 238 g/mol. The highest BCUT2D eigenvalue weighted by molar-refractivity contribution is 5.76. The van der Waals surface area contributed by atoms with Crippen molar-refractivity contribution in [3.63, 3.8) is 0 Å². The van der Waals surface area contributed by atoms with E-state index >= 15 is 0 Å². The van der Waals surface area contributed by atoms with Gasteiger partial charge in [0.25, 0.3) is 0 Å². The first-order valence-corrected chi connectivity index (χ1v) is 7.87. The smallest absolute Gasteiger partial charge is 0.220 e. The maximum atomic E-state index is 11.9. The average molecular weight is 269 g/mol. The van der Waals surface area contributed by atoms with Crippen LogP contribution in [0.5, 0.6) is 0 Å². The summed E-state index contributed by atoms with van der Waals surface area (Å²) in [5.74, 6) is 1.37. The van der Waals surface area contributed by atoms with Crippen LogP contribution in [0.3, 0.4) is 0 Å². The van der Waals surface area contributed by atoms with Crippen LogP contribution in [0.1, 0.15) is 40.0 Å². The van der Waals surface area contributed by atoms with Gasteiger partial charge in [-0.3, -0.25) is 4.79 Å². The van der Waals surface area contributed by atoms with Crippen LogP contribution in [-0.4, -0.2) is 50.1 Å². The molecule has 0 aliphatic carbocycles. The molecule has 0 saturated carbocycles. The summed E-state index contributed by atoms with van der Waals surface area (Å²) in [5.41, 5.74) is 0. The summed E-state index contributed by atoms with van der Waals surface area (Å²) in [5, 5.41) is 6.47. The molecule has 2 atom stereocenters. The minimum atomic E-state index is 0.213. The van der Waals surface area contributed by atoms with Crippen LogP contribution in [0.2, 0.25) is 0 Å². The van der Waals surface area contributed by atoms with Gasteiger partial charge in [0.15, 0.2) is 0 Å². The van der Waals surface area contributed by atoms with Gasteiger partial charge >= 0.3 is 0 Å². The lowest BCUT2D eigenvalue weighted by atomic mass is 9.85. The molecular formula is C15H31N3O. The molecule has 1 rings (SSSR count). The fourth-order valence-electron chi connectivity index (χ4n) is 2.79. The summed E-state index contributed by atoms with van der Waals surface area (Å²) in [6.45, 7) is 12.6. The maximum Gasteiger partial charge on any atom is 0.220 e. The van der Waals surface area contributed by atoms with E-state index in [1.165, 1.54) is 12.8 Å². The largest absolute Gasteiger partial charge is 0.355 e. The zero-order valence-corrected chi connectivity index (χ0v) is 12.9. The summed E-state index contributed by atoms with van der Waals surface area (Å²) >= 11 is 0. The van der Waals surface area contributed by atoms with Crippen molar-refractivity contribution in [2.24, 2.45) is 11.8 Å². The third-order valence-corrected chi connectivity index (χ3v) is 4.29. The molecule has 0 spiro atoms. The highest BCUT2D eigenvalue weighted by Gasteiger charge is 2.21. The Bertz CT molecular complexity index is 248. The lowest BCUT2D eigenvalue weighted by Gasteiger charge is -2.28. The van der Waals surface area contributed by atoms with Crippen molar-refractivity contribution in [2.45, 2.75) is 40.0 Å². The second kappa shape index (κ2) is 9.32. The number of carbonyl (C=O) groups is 1. The number of rotatable bonds is 8. The van der Waals surface area contributed by atoms with E-state index in [-0.39, 0.29) is 5.91 Å². The number of carbonyl (C=O) groups excluding carboxylic acids is 1. The van der Waals surface area contributed by atoms with E-state index in [4.69, 9.17) is 0 Å². The first-order valence-electron chi connectivity index (χ1n) is 7.87. The standard InChI is InChI=1S/C15H31N3O/c1-4-18(5-2)10-9-17-15(19)11-13(3)14-7-6-8-16-12-14/h13-14,16H,4-12H2,1-3H3,(H,17,19). The second-order valence-corrected chi connectivity index (χ2v) is 5.66. The van der Waals surface area contributed by atoms with E-state index in [1.54, 1.807) is 0 Å². The normalized spacial score (nSPS) is 21.4. The van der Waals surface area contributed by atoms with Crippen LogP contribution >= 0.6 is 0 Å². The highest BCUT2D eigenvalue weighted by atomic mass is 16.1. The summed E-state index contributed by atoms with van der Waals surface area (Å²) in [7, 11) is 0. The average Bonchev–Trinajstić information content (AvgIpc) is 2.44. The van der Waals surface area contributed by atoms with E-state index in [9.17, 15) is 4.79 Å². The molecule has 1 fully saturated rings. The predicted octanol–water partition coefficient (Wildman–Crippen LogP) is 1.47. The minimum absolute atomic E-state index is 0.213. The van der Waals surface area contributed by atoms with Crippen LogP contribution in [-0.2, 0) is 4.79 Å². The van der Waals surface area contributed by atoms with Gasteiger partial charge < -0.3 is 15.5 Å². The molecule has 2 unspecified atom stereocenters. The number of piperidine rings is 1. The molecule has 1 saturated heterocycles. The third kappa shape index (κ3) is 6.39. The van der Waals surface area contributed by atoms with Crippen LogP contribution in [0.25, 0.3) is 0 Å². The van der Waals surface area contributed by atoms with E-state index in [0.717, 1.165) is 39.3 Å². The number of hydrogen-bond donors (Lipinski definition) is 2. The Morgan fingerprint density at radius 3 is 2.74 bits per heavy atom. The van der Waals surface area contributed by atoms with Crippen molar-refractivity contribution in [3.8, 4) is 0 Å². The van der Waals surface area contributed by atoms with Gasteiger partial charge in [-0.1, -0.05) is 20.8 Å². The molecule has 0 aromatic heterocycles. The maximum absolute atomic E-state index is 11.9. The van der Waals surface area contributed by atoms with Gasteiger partial charge in [-0.2, -0.15) is 0 Å². The van der Waals surface area contributed by atoms with Crippen LogP contribution < -0.4 is 10.6 Å². The van der Waals surface area contributed by atoms with Crippen molar-refractivity contribution in [1.82, 2.24) is 15.5 Å². The van der Waals surface area contributed by atoms with Crippen molar-refractivity contribution in [3.05, 3.63) is 0 Å². The molecule has 0 radical (unpaired) electrons. The Hall–Kier alpha value is -0.610. The van der Waals surface area contributed by atoms with Crippen LogP contribution in [0.4, 0.5) is 0 Å². The topological polar surface area (TPSA) is 44.4 Å². The predicted molar refractivity (Wildman–Crippen MR) is 80.2 cm³/mol. The molecule has 1 heterocycles. The Morgan fingerprint density at radius 2 is 2.16 bits per heavy atom. The number of amides is 1. The van der Waals surface area contributed by atoms with Crippen molar-refractivity contribution in [1.29, 1.82) is 0 Å². The molecule has 1 aliphatic heterocycles. The summed E-state index contributed by atoms with van der Waals surface area (Å²) in [6.07, 6.45) is 3.18. The van der Waals surface area contributed by atoms with E-state index < -0.39 is 0 Å². The van der Waals surface area contributed by atoms with Gasteiger partial charge in [-0.15, -0.1) is 0 Å². The van der Waals surface area contributed by atoms with Gasteiger partial charge in [-0.05, 0) is 50.9 Å².